The summed E-state index contributed by atoms with van der Waals surface area (Å²) in [5.74, 6) is -1.26. The van der Waals surface area contributed by atoms with Gasteiger partial charge < -0.3 is 20.1 Å². The van der Waals surface area contributed by atoms with Gasteiger partial charge in [0.1, 0.15) is 0 Å². The molecule has 1 atom stereocenters. The molecule has 0 fully saturated rings. The maximum absolute atomic E-state index is 9.68. The highest BCUT2D eigenvalue weighted by Gasteiger charge is 1.94. The molecule has 0 aromatic rings. The van der Waals surface area contributed by atoms with Gasteiger partial charge in [-0.15, -0.1) is 0 Å². The molecule has 0 rings (SSSR count). The summed E-state index contributed by atoms with van der Waals surface area (Å²) in [6.45, 7) is 1.14. The van der Waals surface area contributed by atoms with Crippen LogP contribution in [0.4, 0.5) is 0 Å². The van der Waals surface area contributed by atoms with Gasteiger partial charge in [0.25, 0.3) is 0 Å². The second-order valence-electron chi connectivity index (χ2n) is 1.28. The third kappa shape index (κ3) is 2.76. The van der Waals surface area contributed by atoms with Crippen molar-refractivity contribution in [3.05, 3.63) is 0 Å². The van der Waals surface area contributed by atoms with Crippen molar-refractivity contribution in [1.29, 1.82) is 0 Å². The molecule has 0 heterocycles. The van der Waals surface area contributed by atoms with Gasteiger partial charge in [-0.1, -0.05) is 7.60 Å². The van der Waals surface area contributed by atoms with Crippen LogP contribution < -0.4 is 15.5 Å². The maximum atomic E-state index is 9.68. The molecule has 7 heavy (non-hydrogen) atoms. The summed E-state index contributed by atoms with van der Waals surface area (Å²) in [6.07, 6.45) is 0. The van der Waals surface area contributed by atoms with Gasteiger partial charge in [0.2, 0.25) is 0 Å². The van der Waals surface area contributed by atoms with E-state index < -0.39 is 13.4 Å². The molecular formula is C2H6NO3P-2. The predicted octanol–water partition coefficient (Wildman–Crippen LogP) is -1.80. The van der Waals surface area contributed by atoms with Crippen LogP contribution in [-0.2, 0) is 4.57 Å². The third-order valence-corrected chi connectivity index (χ3v) is 1.50. The Morgan fingerprint density at radius 2 is 1.86 bits per heavy atom. The van der Waals surface area contributed by atoms with Crippen molar-refractivity contribution in [2.45, 2.75) is 12.7 Å². The average molecular weight is 123 g/mol. The van der Waals surface area contributed by atoms with Gasteiger partial charge in [-0.3, -0.25) is 0 Å². The molecule has 0 aliphatic heterocycles. The minimum atomic E-state index is -4.46. The fraction of sp³-hybridized carbons (Fsp3) is 1.00. The molecule has 0 saturated heterocycles. The van der Waals surface area contributed by atoms with Crippen LogP contribution in [0.3, 0.4) is 0 Å². The third-order valence-electron chi connectivity index (χ3n) is 0.499. The second kappa shape index (κ2) is 1.92. The summed E-state index contributed by atoms with van der Waals surface area (Å²) in [7, 11) is -4.46. The summed E-state index contributed by atoms with van der Waals surface area (Å²) in [6, 6.07) is 0. The first-order chi connectivity index (χ1) is 2.94. The Hall–Kier alpha value is 0.110. The van der Waals surface area contributed by atoms with Crippen LogP contribution >= 0.6 is 7.60 Å². The first-order valence-electron chi connectivity index (χ1n) is 1.72. The topological polar surface area (TPSA) is 89.2 Å². The molecule has 0 saturated carbocycles. The van der Waals surface area contributed by atoms with Crippen LogP contribution in [0.25, 0.3) is 0 Å². The normalized spacial score (nSPS) is 16.6. The molecular weight excluding hydrogens is 117 g/mol. The van der Waals surface area contributed by atoms with Gasteiger partial charge in [-0.2, -0.15) is 0 Å². The first kappa shape index (κ1) is 7.11. The van der Waals surface area contributed by atoms with Gasteiger partial charge in [-0.25, -0.2) is 0 Å². The van der Waals surface area contributed by atoms with E-state index in [9.17, 15) is 14.4 Å². The van der Waals surface area contributed by atoms with Crippen molar-refractivity contribution in [2.75, 3.05) is 0 Å². The summed E-state index contributed by atoms with van der Waals surface area (Å²) < 4.78 is 9.68. The smallest absolute Gasteiger partial charge is 0.0291 e. The van der Waals surface area contributed by atoms with E-state index in [2.05, 4.69) is 5.73 Å². The molecule has 0 aliphatic carbocycles. The minimum absolute atomic E-state index is 1.14. The lowest BCUT2D eigenvalue weighted by Gasteiger charge is -2.33. The molecule has 0 spiro atoms. The average Bonchev–Trinajstić information content (AvgIpc) is 1.31. The molecule has 44 valence electrons. The highest BCUT2D eigenvalue weighted by Crippen LogP contribution is 2.25. The highest BCUT2D eigenvalue weighted by molar-refractivity contribution is 7.49. The van der Waals surface area contributed by atoms with Crippen molar-refractivity contribution in [3.8, 4) is 0 Å². The molecule has 0 radical (unpaired) electrons. The zero-order valence-electron chi connectivity index (χ0n) is 3.83. The Morgan fingerprint density at radius 1 is 1.71 bits per heavy atom. The first-order valence-corrected chi connectivity index (χ1v) is 3.33. The Kier molecular flexibility index (Phi) is 1.95. The molecule has 1 unspecified atom stereocenters. The molecule has 0 aromatic heterocycles. The van der Waals surface area contributed by atoms with E-state index in [4.69, 9.17) is 0 Å². The van der Waals surface area contributed by atoms with Crippen molar-refractivity contribution < 1.29 is 14.4 Å². The Balaban J connectivity index is 3.80. The van der Waals surface area contributed by atoms with Crippen molar-refractivity contribution in [3.63, 3.8) is 0 Å². The van der Waals surface area contributed by atoms with Crippen molar-refractivity contribution in [1.82, 2.24) is 0 Å². The summed E-state index contributed by atoms with van der Waals surface area (Å²) in [5, 5.41) is 0. The largest absolute Gasteiger partial charge is 0.810 e. The number of hydrogen-bond donors (Lipinski definition) is 1. The van der Waals surface area contributed by atoms with Crippen LogP contribution in [0.5, 0.6) is 0 Å². The van der Waals surface area contributed by atoms with E-state index in [-0.39, 0.29) is 0 Å². The summed E-state index contributed by atoms with van der Waals surface area (Å²) in [4.78, 5) is 19.4. The van der Waals surface area contributed by atoms with Crippen LogP contribution in [-0.4, -0.2) is 5.78 Å². The number of nitrogens with two attached hydrogens (primary N) is 1. The molecule has 0 aliphatic rings. The molecule has 0 aromatic carbocycles. The standard InChI is InChI=1S/C2H8NO3P/c1-2(3)7(4,5)6/h2H,3H2,1H3,(H2,4,5,6)/p-2. The molecule has 2 N–H and O–H groups in total. The van der Waals surface area contributed by atoms with Crippen molar-refractivity contribution in [2.24, 2.45) is 5.73 Å². The molecule has 0 amide bonds. The van der Waals surface area contributed by atoms with Gasteiger partial charge >= 0.3 is 0 Å². The van der Waals surface area contributed by atoms with Crippen molar-refractivity contribution >= 4 is 7.60 Å². The van der Waals surface area contributed by atoms with Gasteiger partial charge in [0.05, 0.1) is 0 Å². The lowest BCUT2D eigenvalue weighted by Crippen LogP contribution is -2.29. The summed E-state index contributed by atoms with van der Waals surface area (Å²) >= 11 is 0. The van der Waals surface area contributed by atoms with E-state index >= 15 is 0 Å². The van der Waals surface area contributed by atoms with Crippen LogP contribution in [0.2, 0.25) is 0 Å². The Labute approximate surface area is 41.5 Å². The number of hydrogen-bond acceptors (Lipinski definition) is 4. The Bertz CT molecular complexity index is 95.1. The summed E-state index contributed by atoms with van der Waals surface area (Å²) in [5.41, 5.74) is 4.68. The second-order valence-corrected chi connectivity index (χ2v) is 3.17. The van der Waals surface area contributed by atoms with Gasteiger partial charge in [-0.05, 0) is 6.92 Å². The predicted molar refractivity (Wildman–Crippen MR) is 21.3 cm³/mol. The lowest BCUT2D eigenvalue weighted by molar-refractivity contribution is -0.316. The zero-order chi connectivity index (χ0) is 6.08. The van der Waals surface area contributed by atoms with E-state index in [1.807, 2.05) is 0 Å². The lowest BCUT2D eigenvalue weighted by atomic mass is 10.8. The molecule has 4 nitrogen and oxygen atoms in total. The van der Waals surface area contributed by atoms with Crippen LogP contribution in [0.1, 0.15) is 6.92 Å². The fourth-order valence-corrected chi connectivity index (χ4v) is 0. The fourth-order valence-electron chi connectivity index (χ4n) is 0. The van der Waals surface area contributed by atoms with Gasteiger partial charge in [0.15, 0.2) is 0 Å². The van der Waals surface area contributed by atoms with E-state index in [0.29, 0.717) is 0 Å². The quantitative estimate of drug-likeness (QED) is 0.417. The Morgan fingerprint density at radius 3 is 1.86 bits per heavy atom. The van der Waals surface area contributed by atoms with Gasteiger partial charge in [0, 0.05) is 5.78 Å². The van der Waals surface area contributed by atoms with Crippen LogP contribution in [0, 0.1) is 0 Å². The molecule has 0 bridgehead atoms. The molecule has 5 heteroatoms. The zero-order valence-corrected chi connectivity index (χ0v) is 4.72. The SMILES string of the molecule is CC(N)P(=O)([O-])[O-]. The highest BCUT2D eigenvalue weighted by atomic mass is 31.2. The maximum Gasteiger partial charge on any atom is 0.0291 e. The van der Waals surface area contributed by atoms with Crippen LogP contribution in [0.15, 0.2) is 0 Å². The van der Waals surface area contributed by atoms with E-state index in [0.717, 1.165) is 6.92 Å². The van der Waals surface area contributed by atoms with E-state index in [1.54, 1.807) is 0 Å². The monoisotopic (exact) mass is 123 g/mol. The minimum Gasteiger partial charge on any atom is -0.810 e. The number of rotatable bonds is 1. The van der Waals surface area contributed by atoms with E-state index in [1.165, 1.54) is 0 Å².